The van der Waals surface area contributed by atoms with Crippen molar-refractivity contribution in [2.24, 2.45) is 5.41 Å². The smallest absolute Gasteiger partial charge is 0.303 e. The molecule has 4 nitrogen and oxygen atoms in total. The lowest BCUT2D eigenvalue weighted by molar-refractivity contribution is -0.137. The van der Waals surface area contributed by atoms with Crippen LogP contribution in [-0.4, -0.2) is 37.4 Å². The first kappa shape index (κ1) is 12.5. The molecule has 2 N–H and O–H groups in total. The van der Waals surface area contributed by atoms with E-state index in [-0.39, 0.29) is 6.42 Å². The van der Waals surface area contributed by atoms with Crippen LogP contribution in [0.2, 0.25) is 0 Å². The number of ether oxygens (including phenoxy) is 1. The Balaban J connectivity index is 2.05. The van der Waals surface area contributed by atoms with Crippen molar-refractivity contribution in [3.63, 3.8) is 0 Å². The first-order valence-corrected chi connectivity index (χ1v) is 5.63. The van der Waals surface area contributed by atoms with Crippen LogP contribution in [0.1, 0.15) is 32.6 Å². The molecule has 0 aromatic carbocycles. The number of rotatable bonds is 6. The summed E-state index contributed by atoms with van der Waals surface area (Å²) in [6.45, 7) is 5.74. The second kappa shape index (κ2) is 6.08. The van der Waals surface area contributed by atoms with E-state index in [0.717, 1.165) is 39.1 Å². The van der Waals surface area contributed by atoms with Gasteiger partial charge in [-0.15, -0.1) is 0 Å². The largest absolute Gasteiger partial charge is 0.481 e. The SMILES string of the molecule is CC1(CNCCCC(=O)O)CCOCC1. The number of carbonyl (C=O) groups is 1. The van der Waals surface area contributed by atoms with Crippen LogP contribution in [0.25, 0.3) is 0 Å². The van der Waals surface area contributed by atoms with Gasteiger partial charge in [-0.3, -0.25) is 4.79 Å². The number of hydrogen-bond donors (Lipinski definition) is 2. The van der Waals surface area contributed by atoms with E-state index in [1.54, 1.807) is 0 Å². The average molecular weight is 215 g/mol. The van der Waals surface area contributed by atoms with Gasteiger partial charge >= 0.3 is 5.97 Å². The highest BCUT2D eigenvalue weighted by atomic mass is 16.5. The summed E-state index contributed by atoms with van der Waals surface area (Å²) in [5.74, 6) is -0.714. The third-order valence-electron chi connectivity index (χ3n) is 3.00. The maximum absolute atomic E-state index is 10.3. The van der Waals surface area contributed by atoms with E-state index in [0.29, 0.717) is 11.8 Å². The van der Waals surface area contributed by atoms with E-state index in [9.17, 15) is 4.79 Å². The molecule has 0 unspecified atom stereocenters. The molecule has 0 radical (unpaired) electrons. The second-order valence-corrected chi connectivity index (χ2v) is 4.60. The van der Waals surface area contributed by atoms with Crippen molar-refractivity contribution in [1.82, 2.24) is 5.32 Å². The van der Waals surface area contributed by atoms with Crippen LogP contribution in [0.15, 0.2) is 0 Å². The third-order valence-corrected chi connectivity index (χ3v) is 3.00. The summed E-state index contributed by atoms with van der Waals surface area (Å²) in [4.78, 5) is 10.3. The Bertz CT molecular complexity index is 200. The molecule has 15 heavy (non-hydrogen) atoms. The Morgan fingerprint density at radius 2 is 2.13 bits per heavy atom. The highest BCUT2D eigenvalue weighted by Gasteiger charge is 2.26. The predicted octanol–water partition coefficient (Wildman–Crippen LogP) is 1.26. The van der Waals surface area contributed by atoms with Crippen molar-refractivity contribution in [2.45, 2.75) is 32.6 Å². The molecule has 1 saturated heterocycles. The fourth-order valence-electron chi connectivity index (χ4n) is 1.80. The van der Waals surface area contributed by atoms with E-state index in [4.69, 9.17) is 9.84 Å². The molecule has 0 saturated carbocycles. The highest BCUT2D eigenvalue weighted by Crippen LogP contribution is 2.28. The average Bonchev–Trinajstić information content (AvgIpc) is 2.17. The van der Waals surface area contributed by atoms with Crippen LogP contribution in [0.3, 0.4) is 0 Å². The number of nitrogens with one attached hydrogen (secondary N) is 1. The summed E-state index contributed by atoms with van der Waals surface area (Å²) in [6.07, 6.45) is 3.16. The minimum atomic E-state index is -0.714. The van der Waals surface area contributed by atoms with Crippen LogP contribution in [0.5, 0.6) is 0 Å². The van der Waals surface area contributed by atoms with Gasteiger partial charge in [-0.2, -0.15) is 0 Å². The molecule has 0 bridgehead atoms. The lowest BCUT2D eigenvalue weighted by Crippen LogP contribution is -2.37. The first-order chi connectivity index (χ1) is 7.12. The molecule has 1 aliphatic heterocycles. The number of hydrogen-bond acceptors (Lipinski definition) is 3. The molecular formula is C11H21NO3. The predicted molar refractivity (Wildman–Crippen MR) is 57.9 cm³/mol. The van der Waals surface area contributed by atoms with E-state index in [1.807, 2.05) is 0 Å². The molecule has 1 rings (SSSR count). The van der Waals surface area contributed by atoms with Crippen LogP contribution in [0, 0.1) is 5.41 Å². The van der Waals surface area contributed by atoms with Gasteiger partial charge in [0.1, 0.15) is 0 Å². The van der Waals surface area contributed by atoms with Gasteiger partial charge in [0.15, 0.2) is 0 Å². The van der Waals surface area contributed by atoms with Gasteiger partial charge in [-0.05, 0) is 31.2 Å². The topological polar surface area (TPSA) is 58.6 Å². The molecule has 4 heteroatoms. The molecule has 0 spiro atoms. The fraction of sp³-hybridized carbons (Fsp3) is 0.909. The lowest BCUT2D eigenvalue weighted by Gasteiger charge is -2.33. The quantitative estimate of drug-likeness (QED) is 0.655. The number of carboxylic acid groups (broad SMARTS) is 1. The summed E-state index contributed by atoms with van der Waals surface area (Å²) >= 11 is 0. The van der Waals surface area contributed by atoms with Crippen LogP contribution in [-0.2, 0) is 9.53 Å². The Kier molecular flexibility index (Phi) is 5.05. The zero-order valence-corrected chi connectivity index (χ0v) is 9.42. The molecule has 0 aromatic rings. The van der Waals surface area contributed by atoms with Gasteiger partial charge < -0.3 is 15.2 Å². The Labute approximate surface area is 91.0 Å². The van der Waals surface area contributed by atoms with Gasteiger partial charge in [-0.1, -0.05) is 6.92 Å². The molecule has 1 heterocycles. The Morgan fingerprint density at radius 3 is 2.73 bits per heavy atom. The van der Waals surface area contributed by atoms with Gasteiger partial charge in [0.05, 0.1) is 0 Å². The fourth-order valence-corrected chi connectivity index (χ4v) is 1.80. The van der Waals surface area contributed by atoms with Gasteiger partial charge in [-0.25, -0.2) is 0 Å². The molecule has 1 fully saturated rings. The highest BCUT2D eigenvalue weighted by molar-refractivity contribution is 5.66. The first-order valence-electron chi connectivity index (χ1n) is 5.63. The monoisotopic (exact) mass is 215 g/mol. The van der Waals surface area contributed by atoms with E-state index in [1.165, 1.54) is 0 Å². The van der Waals surface area contributed by atoms with Gasteiger partial charge in [0.2, 0.25) is 0 Å². The third kappa shape index (κ3) is 5.14. The zero-order valence-electron chi connectivity index (χ0n) is 9.42. The summed E-state index contributed by atoms with van der Waals surface area (Å²) in [5.41, 5.74) is 0.335. The van der Waals surface area contributed by atoms with Crippen LogP contribution in [0.4, 0.5) is 0 Å². The standard InChI is InChI=1S/C11H21NO3/c1-11(4-7-15-8-5-11)9-12-6-2-3-10(13)14/h12H,2-9H2,1H3,(H,13,14). The van der Waals surface area contributed by atoms with Crippen LogP contribution < -0.4 is 5.32 Å². The van der Waals surface area contributed by atoms with Crippen molar-refractivity contribution in [3.05, 3.63) is 0 Å². The van der Waals surface area contributed by atoms with E-state index >= 15 is 0 Å². The zero-order chi connectivity index (χ0) is 11.1. The van der Waals surface area contributed by atoms with Crippen LogP contribution >= 0.6 is 0 Å². The molecule has 0 aromatic heterocycles. The van der Waals surface area contributed by atoms with Gasteiger partial charge in [0, 0.05) is 26.2 Å². The maximum Gasteiger partial charge on any atom is 0.303 e. The second-order valence-electron chi connectivity index (χ2n) is 4.60. The Hall–Kier alpha value is -0.610. The van der Waals surface area contributed by atoms with Crippen molar-refractivity contribution in [2.75, 3.05) is 26.3 Å². The van der Waals surface area contributed by atoms with Crippen molar-refractivity contribution >= 4 is 5.97 Å². The van der Waals surface area contributed by atoms with E-state index < -0.39 is 5.97 Å². The van der Waals surface area contributed by atoms with E-state index in [2.05, 4.69) is 12.2 Å². The minimum absolute atomic E-state index is 0.257. The summed E-state index contributed by atoms with van der Waals surface area (Å²) < 4.78 is 5.32. The maximum atomic E-state index is 10.3. The lowest BCUT2D eigenvalue weighted by atomic mass is 9.82. The minimum Gasteiger partial charge on any atom is -0.481 e. The molecule has 0 amide bonds. The molecule has 1 aliphatic rings. The summed E-state index contributed by atoms with van der Waals surface area (Å²) in [6, 6.07) is 0. The summed E-state index contributed by atoms with van der Waals surface area (Å²) in [5, 5.41) is 11.8. The van der Waals surface area contributed by atoms with Crippen molar-refractivity contribution in [3.8, 4) is 0 Å². The summed E-state index contributed by atoms with van der Waals surface area (Å²) in [7, 11) is 0. The normalized spacial score (nSPS) is 20.1. The molecule has 88 valence electrons. The molecular weight excluding hydrogens is 194 g/mol. The number of carboxylic acids is 1. The Morgan fingerprint density at radius 1 is 1.47 bits per heavy atom. The van der Waals surface area contributed by atoms with Crippen molar-refractivity contribution in [1.29, 1.82) is 0 Å². The number of aliphatic carboxylic acids is 1. The van der Waals surface area contributed by atoms with Crippen molar-refractivity contribution < 1.29 is 14.6 Å². The molecule has 0 atom stereocenters. The molecule has 0 aliphatic carbocycles. The van der Waals surface area contributed by atoms with Gasteiger partial charge in [0.25, 0.3) is 0 Å².